The smallest absolute Gasteiger partial charge is 0.223 e. The molecule has 2 saturated carbocycles. The summed E-state index contributed by atoms with van der Waals surface area (Å²) in [6, 6.07) is 0. The van der Waals surface area contributed by atoms with Crippen LogP contribution in [0.25, 0.3) is 0 Å². The molecule has 2 heteroatoms. The summed E-state index contributed by atoms with van der Waals surface area (Å²) in [6.45, 7) is 2.95. The van der Waals surface area contributed by atoms with E-state index in [-0.39, 0.29) is 0 Å². The van der Waals surface area contributed by atoms with Crippen molar-refractivity contribution >= 4 is 5.91 Å². The van der Waals surface area contributed by atoms with Crippen molar-refractivity contribution < 1.29 is 4.79 Å². The molecule has 2 aliphatic rings. The second-order valence-corrected chi connectivity index (χ2v) is 4.57. The van der Waals surface area contributed by atoms with E-state index >= 15 is 0 Å². The van der Waals surface area contributed by atoms with E-state index in [9.17, 15) is 4.79 Å². The molecule has 2 fully saturated rings. The van der Waals surface area contributed by atoms with Gasteiger partial charge >= 0.3 is 0 Å². The van der Waals surface area contributed by atoms with Gasteiger partial charge in [-0.25, -0.2) is 0 Å². The van der Waals surface area contributed by atoms with Crippen LogP contribution in [-0.4, -0.2) is 12.5 Å². The van der Waals surface area contributed by atoms with Crippen LogP contribution >= 0.6 is 0 Å². The standard InChI is InChI=1S/C11H19NO/c1-2-5-12-11(13)10-7-8-3-4-9(10)6-8/h8-10H,2-7H2,1H3,(H,12,13)/t8-,9+,10-/m0/s1. The van der Waals surface area contributed by atoms with Crippen LogP contribution in [0.3, 0.4) is 0 Å². The molecule has 0 spiro atoms. The Hall–Kier alpha value is -0.530. The van der Waals surface area contributed by atoms with Crippen LogP contribution in [0.15, 0.2) is 0 Å². The van der Waals surface area contributed by atoms with Crippen molar-refractivity contribution in [1.29, 1.82) is 0 Å². The SMILES string of the molecule is CCCNC(=O)[C@H]1C[C@H]2CC[C@@H]1C2. The lowest BCUT2D eigenvalue weighted by Gasteiger charge is -2.20. The average Bonchev–Trinajstić information content (AvgIpc) is 2.74. The van der Waals surface area contributed by atoms with E-state index in [4.69, 9.17) is 0 Å². The molecular weight excluding hydrogens is 162 g/mol. The predicted octanol–water partition coefficient (Wildman–Crippen LogP) is 1.95. The Kier molecular flexibility index (Phi) is 2.56. The topological polar surface area (TPSA) is 29.1 Å². The molecule has 1 amide bonds. The quantitative estimate of drug-likeness (QED) is 0.708. The molecule has 2 aliphatic carbocycles. The molecule has 0 aromatic heterocycles. The van der Waals surface area contributed by atoms with Gasteiger partial charge in [0.05, 0.1) is 0 Å². The normalized spacial score (nSPS) is 36.5. The Balaban J connectivity index is 1.84. The van der Waals surface area contributed by atoms with E-state index in [1.165, 1.54) is 25.7 Å². The summed E-state index contributed by atoms with van der Waals surface area (Å²) in [4.78, 5) is 11.7. The van der Waals surface area contributed by atoms with Crippen molar-refractivity contribution in [2.24, 2.45) is 17.8 Å². The molecule has 0 saturated heterocycles. The van der Waals surface area contributed by atoms with Crippen LogP contribution in [0, 0.1) is 17.8 Å². The Bertz CT molecular complexity index is 202. The molecule has 0 heterocycles. The minimum absolute atomic E-state index is 0.328. The zero-order valence-electron chi connectivity index (χ0n) is 8.38. The lowest BCUT2D eigenvalue weighted by atomic mass is 9.88. The van der Waals surface area contributed by atoms with Gasteiger partial charge in [0, 0.05) is 12.5 Å². The zero-order chi connectivity index (χ0) is 9.26. The third kappa shape index (κ3) is 1.72. The molecule has 74 valence electrons. The lowest BCUT2D eigenvalue weighted by molar-refractivity contribution is -0.126. The lowest BCUT2D eigenvalue weighted by Crippen LogP contribution is -2.33. The number of fused-ring (bicyclic) bond motifs is 2. The van der Waals surface area contributed by atoms with E-state index in [2.05, 4.69) is 12.2 Å². The number of carbonyl (C=O) groups is 1. The first-order valence-electron chi connectivity index (χ1n) is 5.59. The third-order valence-electron chi connectivity index (χ3n) is 3.62. The number of carbonyl (C=O) groups excluding carboxylic acids is 1. The Morgan fingerprint density at radius 2 is 2.23 bits per heavy atom. The molecule has 3 atom stereocenters. The minimum atomic E-state index is 0.328. The van der Waals surface area contributed by atoms with E-state index in [0.717, 1.165) is 24.8 Å². The van der Waals surface area contributed by atoms with E-state index < -0.39 is 0 Å². The number of amides is 1. The summed E-state index contributed by atoms with van der Waals surface area (Å²) in [5.41, 5.74) is 0. The third-order valence-corrected chi connectivity index (χ3v) is 3.62. The van der Waals surface area contributed by atoms with Crippen LogP contribution in [0.4, 0.5) is 0 Å². The zero-order valence-corrected chi connectivity index (χ0v) is 8.38. The Morgan fingerprint density at radius 1 is 1.38 bits per heavy atom. The van der Waals surface area contributed by atoms with Gasteiger partial charge in [-0.15, -0.1) is 0 Å². The second kappa shape index (κ2) is 3.69. The maximum atomic E-state index is 11.7. The first-order chi connectivity index (χ1) is 6.31. The van der Waals surface area contributed by atoms with Gasteiger partial charge < -0.3 is 5.32 Å². The monoisotopic (exact) mass is 181 g/mol. The summed E-state index contributed by atoms with van der Waals surface area (Å²) in [6.07, 6.45) is 6.22. The predicted molar refractivity (Wildman–Crippen MR) is 52.2 cm³/mol. The number of hydrogen-bond donors (Lipinski definition) is 1. The molecule has 13 heavy (non-hydrogen) atoms. The molecule has 2 rings (SSSR count). The highest BCUT2D eigenvalue weighted by Gasteiger charge is 2.42. The molecule has 0 aliphatic heterocycles. The van der Waals surface area contributed by atoms with E-state index in [0.29, 0.717) is 11.8 Å². The average molecular weight is 181 g/mol. The number of rotatable bonds is 3. The fraction of sp³-hybridized carbons (Fsp3) is 0.909. The van der Waals surface area contributed by atoms with Gasteiger partial charge in [0.15, 0.2) is 0 Å². The van der Waals surface area contributed by atoms with Gasteiger partial charge in [-0.1, -0.05) is 13.3 Å². The van der Waals surface area contributed by atoms with Crippen LogP contribution in [0.5, 0.6) is 0 Å². The molecule has 0 aromatic carbocycles. The van der Waals surface area contributed by atoms with Gasteiger partial charge in [0.2, 0.25) is 5.91 Å². The molecule has 0 radical (unpaired) electrons. The van der Waals surface area contributed by atoms with Crippen molar-refractivity contribution in [3.63, 3.8) is 0 Å². The highest BCUT2D eigenvalue weighted by molar-refractivity contribution is 5.79. The maximum Gasteiger partial charge on any atom is 0.223 e. The minimum Gasteiger partial charge on any atom is -0.356 e. The molecule has 0 unspecified atom stereocenters. The molecule has 1 N–H and O–H groups in total. The molecule has 2 bridgehead atoms. The molecule has 0 aromatic rings. The maximum absolute atomic E-state index is 11.7. The summed E-state index contributed by atoms with van der Waals surface area (Å²) in [7, 11) is 0. The second-order valence-electron chi connectivity index (χ2n) is 4.57. The van der Waals surface area contributed by atoms with E-state index in [1.54, 1.807) is 0 Å². The Morgan fingerprint density at radius 3 is 2.77 bits per heavy atom. The molecule has 2 nitrogen and oxygen atoms in total. The van der Waals surface area contributed by atoms with Crippen molar-refractivity contribution in [3.8, 4) is 0 Å². The fourth-order valence-corrected chi connectivity index (χ4v) is 2.95. The molecular formula is C11H19NO. The van der Waals surface area contributed by atoms with Crippen molar-refractivity contribution in [1.82, 2.24) is 5.32 Å². The van der Waals surface area contributed by atoms with Crippen molar-refractivity contribution in [2.45, 2.75) is 39.0 Å². The van der Waals surface area contributed by atoms with Crippen LogP contribution in [-0.2, 0) is 4.79 Å². The van der Waals surface area contributed by atoms with Crippen LogP contribution in [0.2, 0.25) is 0 Å². The Labute approximate surface area is 80.1 Å². The first-order valence-corrected chi connectivity index (χ1v) is 5.59. The largest absolute Gasteiger partial charge is 0.356 e. The van der Waals surface area contributed by atoms with Gasteiger partial charge in [-0.2, -0.15) is 0 Å². The first kappa shape index (κ1) is 9.04. The van der Waals surface area contributed by atoms with Crippen LogP contribution < -0.4 is 5.32 Å². The van der Waals surface area contributed by atoms with Gasteiger partial charge in [-0.05, 0) is 37.5 Å². The summed E-state index contributed by atoms with van der Waals surface area (Å²) >= 11 is 0. The fourth-order valence-electron chi connectivity index (χ4n) is 2.95. The van der Waals surface area contributed by atoms with Gasteiger partial charge in [-0.3, -0.25) is 4.79 Å². The number of nitrogens with one attached hydrogen (secondary N) is 1. The summed E-state index contributed by atoms with van der Waals surface area (Å²) in [5, 5.41) is 3.02. The number of hydrogen-bond acceptors (Lipinski definition) is 1. The van der Waals surface area contributed by atoms with E-state index in [1.807, 2.05) is 0 Å². The highest BCUT2D eigenvalue weighted by Crippen LogP contribution is 2.48. The summed E-state index contributed by atoms with van der Waals surface area (Å²) < 4.78 is 0. The van der Waals surface area contributed by atoms with Crippen LogP contribution in [0.1, 0.15) is 39.0 Å². The highest BCUT2D eigenvalue weighted by atomic mass is 16.1. The summed E-state index contributed by atoms with van der Waals surface area (Å²) in [5.74, 6) is 2.29. The van der Waals surface area contributed by atoms with Gasteiger partial charge in [0.1, 0.15) is 0 Å². The van der Waals surface area contributed by atoms with Crippen molar-refractivity contribution in [3.05, 3.63) is 0 Å². The van der Waals surface area contributed by atoms with Gasteiger partial charge in [0.25, 0.3) is 0 Å². The van der Waals surface area contributed by atoms with Crippen molar-refractivity contribution in [2.75, 3.05) is 6.54 Å².